The van der Waals surface area contributed by atoms with Gasteiger partial charge in [0.1, 0.15) is 0 Å². The number of aliphatic hydroxyl groups excluding tert-OH is 1. The highest BCUT2D eigenvalue weighted by Gasteiger charge is 2.41. The summed E-state index contributed by atoms with van der Waals surface area (Å²) in [5, 5.41) is 15.1. The number of hydrogen-bond acceptors (Lipinski definition) is 3. The molecule has 5 heteroatoms. The molecule has 106 valence electrons. The average molecular weight is 274 g/mol. The molecule has 0 bridgehead atoms. The number of nitrogens with one attached hydrogen (secondary N) is 2. The minimum absolute atomic E-state index is 0.0219. The Labute approximate surface area is 114 Å². The van der Waals surface area contributed by atoms with Crippen LogP contribution in [0.25, 0.3) is 0 Å². The third-order valence-electron chi connectivity index (χ3n) is 3.76. The maximum atomic E-state index is 11.8. The third kappa shape index (κ3) is 4.69. The number of thioether (sulfide) groups is 1. The second-order valence-electron chi connectivity index (χ2n) is 5.32. The van der Waals surface area contributed by atoms with Crippen LogP contribution in [0.4, 0.5) is 4.79 Å². The van der Waals surface area contributed by atoms with Crippen LogP contribution < -0.4 is 10.6 Å². The van der Waals surface area contributed by atoms with E-state index in [9.17, 15) is 4.79 Å². The van der Waals surface area contributed by atoms with E-state index in [-0.39, 0.29) is 23.9 Å². The van der Waals surface area contributed by atoms with Gasteiger partial charge in [-0.05, 0) is 37.9 Å². The fraction of sp³-hybridized carbons (Fsp3) is 0.923. The van der Waals surface area contributed by atoms with Gasteiger partial charge in [0.15, 0.2) is 0 Å². The predicted molar refractivity (Wildman–Crippen MR) is 77.0 cm³/mol. The summed E-state index contributed by atoms with van der Waals surface area (Å²) < 4.78 is 0. The Kier molecular flexibility index (Phi) is 6.29. The van der Waals surface area contributed by atoms with Gasteiger partial charge in [-0.2, -0.15) is 11.8 Å². The van der Waals surface area contributed by atoms with Crippen LogP contribution in [0.5, 0.6) is 0 Å². The molecule has 2 atom stereocenters. The van der Waals surface area contributed by atoms with Crippen molar-refractivity contribution in [2.45, 2.75) is 50.8 Å². The molecule has 3 N–H and O–H groups in total. The minimum atomic E-state index is -0.114. The van der Waals surface area contributed by atoms with Crippen molar-refractivity contribution in [2.75, 3.05) is 19.4 Å². The minimum Gasteiger partial charge on any atom is -0.395 e. The summed E-state index contributed by atoms with van der Waals surface area (Å²) in [7, 11) is 0. The predicted octanol–water partition coefficient (Wildman–Crippen LogP) is 1.98. The van der Waals surface area contributed by atoms with Gasteiger partial charge in [0.25, 0.3) is 0 Å². The fourth-order valence-corrected chi connectivity index (χ4v) is 2.90. The normalized spacial score (nSPS) is 20.0. The first-order valence-electron chi connectivity index (χ1n) is 6.75. The molecule has 0 aliphatic heterocycles. The first kappa shape index (κ1) is 15.6. The van der Waals surface area contributed by atoms with Crippen LogP contribution in [0.2, 0.25) is 0 Å². The van der Waals surface area contributed by atoms with Gasteiger partial charge in [0.05, 0.1) is 6.61 Å². The smallest absolute Gasteiger partial charge is 0.315 e. The summed E-state index contributed by atoms with van der Waals surface area (Å²) in [6, 6.07) is -0.135. The summed E-state index contributed by atoms with van der Waals surface area (Å²) in [4.78, 5) is 11.8. The number of rotatable bonds is 8. The molecular weight excluding hydrogens is 248 g/mol. The molecule has 1 fully saturated rings. The monoisotopic (exact) mass is 274 g/mol. The molecule has 0 aromatic heterocycles. The van der Waals surface area contributed by atoms with E-state index in [1.165, 1.54) is 25.7 Å². The lowest BCUT2D eigenvalue weighted by atomic mass is 10.0. The molecular formula is C13H26N2O2S. The van der Waals surface area contributed by atoms with Gasteiger partial charge < -0.3 is 15.7 Å². The zero-order chi connectivity index (χ0) is 13.6. The summed E-state index contributed by atoms with van der Waals surface area (Å²) >= 11 is 1.57. The largest absolute Gasteiger partial charge is 0.395 e. The highest BCUT2D eigenvalue weighted by atomic mass is 32.2. The van der Waals surface area contributed by atoms with Gasteiger partial charge in [-0.3, -0.25) is 0 Å². The van der Waals surface area contributed by atoms with Crippen molar-refractivity contribution in [3.05, 3.63) is 0 Å². The lowest BCUT2D eigenvalue weighted by Crippen LogP contribution is -2.47. The van der Waals surface area contributed by atoms with Crippen LogP contribution in [-0.4, -0.2) is 41.8 Å². The number of carbonyl (C=O) groups is 1. The van der Waals surface area contributed by atoms with E-state index < -0.39 is 0 Å². The first-order valence-corrected chi connectivity index (χ1v) is 8.03. The molecule has 0 aromatic carbocycles. The Morgan fingerprint density at radius 1 is 1.50 bits per heavy atom. The van der Waals surface area contributed by atoms with Crippen LogP contribution >= 0.6 is 11.8 Å². The van der Waals surface area contributed by atoms with Crippen molar-refractivity contribution in [2.24, 2.45) is 5.41 Å². The van der Waals surface area contributed by atoms with Crippen molar-refractivity contribution in [3.63, 3.8) is 0 Å². The Balaban J connectivity index is 2.25. The summed E-state index contributed by atoms with van der Waals surface area (Å²) in [6.45, 7) is 4.98. The molecule has 0 radical (unpaired) electrons. The Morgan fingerprint density at radius 2 is 2.17 bits per heavy atom. The molecule has 2 unspecified atom stereocenters. The van der Waals surface area contributed by atoms with E-state index in [1.807, 2.05) is 13.2 Å². The maximum absolute atomic E-state index is 11.8. The quantitative estimate of drug-likeness (QED) is 0.634. The van der Waals surface area contributed by atoms with E-state index in [1.54, 1.807) is 11.8 Å². The van der Waals surface area contributed by atoms with Crippen molar-refractivity contribution >= 4 is 17.8 Å². The van der Waals surface area contributed by atoms with Crippen molar-refractivity contribution in [3.8, 4) is 0 Å². The van der Waals surface area contributed by atoms with Gasteiger partial charge in [0.2, 0.25) is 0 Å². The Hall–Kier alpha value is -0.420. The number of amides is 2. The van der Waals surface area contributed by atoms with Crippen molar-refractivity contribution in [1.82, 2.24) is 10.6 Å². The Bertz CT molecular complexity index is 266. The second-order valence-corrected chi connectivity index (χ2v) is 6.40. The lowest BCUT2D eigenvalue weighted by Gasteiger charge is -2.22. The molecule has 0 spiro atoms. The molecule has 1 aliphatic rings. The van der Waals surface area contributed by atoms with Crippen LogP contribution in [0.15, 0.2) is 0 Å². The molecule has 18 heavy (non-hydrogen) atoms. The molecule has 0 aromatic rings. The Morgan fingerprint density at radius 3 is 2.61 bits per heavy atom. The zero-order valence-corrected chi connectivity index (χ0v) is 12.5. The molecule has 4 nitrogen and oxygen atoms in total. The standard InChI is InChI=1S/C13H26N2O2S/c1-4-5-13(6-7-13)9-14-12(17)15-10(2)11(8-16)18-3/h10-11,16H,4-9H2,1-3H3,(H2,14,15,17). The van der Waals surface area contributed by atoms with E-state index >= 15 is 0 Å². The van der Waals surface area contributed by atoms with Crippen LogP contribution in [0.1, 0.15) is 39.5 Å². The number of urea groups is 1. The third-order valence-corrected chi connectivity index (χ3v) is 4.92. The average Bonchev–Trinajstić information content (AvgIpc) is 3.09. The summed E-state index contributed by atoms with van der Waals surface area (Å²) in [5.74, 6) is 0. The van der Waals surface area contributed by atoms with Crippen LogP contribution in [0, 0.1) is 5.41 Å². The zero-order valence-electron chi connectivity index (χ0n) is 11.7. The van der Waals surface area contributed by atoms with E-state index in [2.05, 4.69) is 17.6 Å². The second kappa shape index (κ2) is 7.24. The van der Waals surface area contributed by atoms with Crippen LogP contribution in [0.3, 0.4) is 0 Å². The molecule has 0 saturated heterocycles. The molecule has 1 aliphatic carbocycles. The number of aliphatic hydroxyl groups is 1. The number of carbonyl (C=O) groups excluding carboxylic acids is 1. The summed E-state index contributed by atoms with van der Waals surface area (Å²) in [6.07, 6.45) is 6.80. The highest BCUT2D eigenvalue weighted by Crippen LogP contribution is 2.48. The van der Waals surface area contributed by atoms with Crippen molar-refractivity contribution < 1.29 is 9.90 Å². The SMILES string of the molecule is CCCC1(CNC(=O)NC(C)C(CO)SC)CC1. The lowest BCUT2D eigenvalue weighted by molar-refractivity contribution is 0.229. The van der Waals surface area contributed by atoms with Gasteiger partial charge in [-0.1, -0.05) is 13.3 Å². The van der Waals surface area contributed by atoms with Gasteiger partial charge in [0, 0.05) is 17.8 Å². The molecule has 1 rings (SSSR count). The summed E-state index contributed by atoms with van der Waals surface area (Å²) in [5.41, 5.74) is 0.380. The topological polar surface area (TPSA) is 61.4 Å². The van der Waals surface area contributed by atoms with Crippen molar-refractivity contribution in [1.29, 1.82) is 0 Å². The molecule has 2 amide bonds. The van der Waals surface area contributed by atoms with E-state index in [4.69, 9.17) is 5.11 Å². The van der Waals surface area contributed by atoms with Gasteiger partial charge in [-0.25, -0.2) is 4.79 Å². The number of hydrogen-bond donors (Lipinski definition) is 3. The highest BCUT2D eigenvalue weighted by molar-refractivity contribution is 7.99. The van der Waals surface area contributed by atoms with E-state index in [0.717, 1.165) is 6.54 Å². The molecule has 1 saturated carbocycles. The van der Waals surface area contributed by atoms with Gasteiger partial charge >= 0.3 is 6.03 Å². The first-order chi connectivity index (χ1) is 8.56. The van der Waals surface area contributed by atoms with E-state index in [0.29, 0.717) is 5.41 Å². The fourth-order valence-electron chi connectivity index (χ4n) is 2.28. The van der Waals surface area contributed by atoms with Crippen LogP contribution in [-0.2, 0) is 0 Å². The van der Waals surface area contributed by atoms with Gasteiger partial charge in [-0.15, -0.1) is 0 Å². The maximum Gasteiger partial charge on any atom is 0.315 e. The molecule has 0 heterocycles.